The van der Waals surface area contributed by atoms with E-state index in [4.69, 9.17) is 12.2 Å². The third-order valence-electron chi connectivity index (χ3n) is 3.15. The Kier molecular flexibility index (Phi) is 4.83. The van der Waals surface area contributed by atoms with E-state index in [1.165, 1.54) is 44.2 Å². The quantitative estimate of drug-likeness (QED) is 0.570. The number of rotatable bonds is 2. The zero-order valence-electron chi connectivity index (χ0n) is 10.1. The van der Waals surface area contributed by atoms with Gasteiger partial charge in [0, 0.05) is 10.9 Å². The van der Waals surface area contributed by atoms with E-state index in [2.05, 4.69) is 23.3 Å². The second kappa shape index (κ2) is 6.38. The van der Waals surface area contributed by atoms with Gasteiger partial charge in [-0.05, 0) is 43.3 Å². The summed E-state index contributed by atoms with van der Waals surface area (Å²) in [7, 11) is 0. The van der Waals surface area contributed by atoms with Gasteiger partial charge in [0.15, 0.2) is 5.11 Å². The molecule has 1 fully saturated rings. The van der Waals surface area contributed by atoms with Crippen LogP contribution in [-0.4, -0.2) is 11.2 Å². The summed E-state index contributed by atoms with van der Waals surface area (Å²) >= 11 is 9.48. The summed E-state index contributed by atoms with van der Waals surface area (Å²) in [5.74, 6) is -0.295. The molecule has 2 rings (SSSR count). The zero-order chi connectivity index (χ0) is 13.0. The van der Waals surface area contributed by atoms with Gasteiger partial charge >= 0.3 is 0 Å². The van der Waals surface area contributed by atoms with Gasteiger partial charge in [-0.2, -0.15) is 0 Å². The molecule has 1 aliphatic rings. The minimum atomic E-state index is -0.295. The number of hydrogen-bond acceptors (Lipinski definition) is 2. The van der Waals surface area contributed by atoms with Crippen molar-refractivity contribution in [3.63, 3.8) is 0 Å². The summed E-state index contributed by atoms with van der Waals surface area (Å²) < 4.78 is 12.9. The van der Waals surface area contributed by atoms with Gasteiger partial charge in [0.05, 0.1) is 5.69 Å². The van der Waals surface area contributed by atoms with E-state index < -0.39 is 0 Å². The highest BCUT2D eigenvalue weighted by molar-refractivity contribution is 7.81. The average Bonchev–Trinajstić information content (AvgIpc) is 2.34. The molecule has 0 saturated heterocycles. The smallest absolute Gasteiger partial charge is 0.171 e. The van der Waals surface area contributed by atoms with Gasteiger partial charge in [-0.3, -0.25) is 0 Å². The van der Waals surface area contributed by atoms with Crippen molar-refractivity contribution in [3.05, 3.63) is 24.0 Å². The summed E-state index contributed by atoms with van der Waals surface area (Å²) in [5, 5.41) is 6.95. The van der Waals surface area contributed by atoms with Crippen LogP contribution >= 0.6 is 24.8 Å². The standard InChI is InChI=1S/C13H17FN2S2/c14-9-6-7-11(12(17)8-9)16-13(18)15-10-4-2-1-3-5-10/h6-8,10,17H,1-5H2,(H2,15,16,18). The van der Waals surface area contributed by atoms with Gasteiger partial charge in [-0.15, -0.1) is 12.6 Å². The Hall–Kier alpha value is -0.810. The van der Waals surface area contributed by atoms with Crippen LogP contribution in [-0.2, 0) is 0 Å². The summed E-state index contributed by atoms with van der Waals surface area (Å²) in [6, 6.07) is 4.87. The molecule has 98 valence electrons. The van der Waals surface area contributed by atoms with E-state index in [-0.39, 0.29) is 5.82 Å². The molecule has 2 nitrogen and oxygen atoms in total. The van der Waals surface area contributed by atoms with Crippen molar-refractivity contribution >= 4 is 35.6 Å². The zero-order valence-corrected chi connectivity index (χ0v) is 11.8. The van der Waals surface area contributed by atoms with Crippen LogP contribution in [0.3, 0.4) is 0 Å². The van der Waals surface area contributed by atoms with E-state index in [0.717, 1.165) is 5.69 Å². The topological polar surface area (TPSA) is 24.1 Å². The first-order chi connectivity index (χ1) is 8.65. The molecule has 0 spiro atoms. The number of halogens is 1. The highest BCUT2D eigenvalue weighted by Gasteiger charge is 2.14. The molecule has 0 heterocycles. The Balaban J connectivity index is 1.90. The van der Waals surface area contributed by atoms with Gasteiger partial charge in [-0.1, -0.05) is 19.3 Å². The first-order valence-electron chi connectivity index (χ1n) is 6.21. The molecule has 5 heteroatoms. The van der Waals surface area contributed by atoms with Crippen molar-refractivity contribution in [2.24, 2.45) is 0 Å². The fourth-order valence-corrected chi connectivity index (χ4v) is 2.73. The molecule has 18 heavy (non-hydrogen) atoms. The van der Waals surface area contributed by atoms with Gasteiger partial charge in [-0.25, -0.2) is 4.39 Å². The minimum absolute atomic E-state index is 0.295. The Bertz CT molecular complexity index is 431. The molecule has 2 N–H and O–H groups in total. The highest BCUT2D eigenvalue weighted by atomic mass is 32.1. The third-order valence-corrected chi connectivity index (χ3v) is 3.74. The van der Waals surface area contributed by atoms with Crippen LogP contribution in [0, 0.1) is 5.82 Å². The fourth-order valence-electron chi connectivity index (χ4n) is 2.20. The molecule has 0 amide bonds. The minimum Gasteiger partial charge on any atom is -0.360 e. The summed E-state index contributed by atoms with van der Waals surface area (Å²) in [6.07, 6.45) is 6.17. The SMILES string of the molecule is Fc1ccc(NC(=S)NC2CCCCC2)c(S)c1. The molecule has 0 unspecified atom stereocenters. The van der Waals surface area contributed by atoms with E-state index in [9.17, 15) is 4.39 Å². The molecule has 0 radical (unpaired) electrons. The molecule has 1 aromatic carbocycles. The predicted molar refractivity (Wildman–Crippen MR) is 79.9 cm³/mol. The van der Waals surface area contributed by atoms with E-state index in [0.29, 0.717) is 16.0 Å². The number of anilines is 1. The molecular formula is C13H17FN2S2. The monoisotopic (exact) mass is 284 g/mol. The molecule has 0 aliphatic heterocycles. The lowest BCUT2D eigenvalue weighted by Crippen LogP contribution is -2.38. The van der Waals surface area contributed by atoms with Crippen molar-refractivity contribution in [3.8, 4) is 0 Å². The fraction of sp³-hybridized carbons (Fsp3) is 0.462. The van der Waals surface area contributed by atoms with Crippen molar-refractivity contribution < 1.29 is 4.39 Å². The first-order valence-corrected chi connectivity index (χ1v) is 7.07. The lowest BCUT2D eigenvalue weighted by atomic mass is 9.96. The van der Waals surface area contributed by atoms with Gasteiger partial charge in [0.1, 0.15) is 5.82 Å². The van der Waals surface area contributed by atoms with Gasteiger partial charge < -0.3 is 10.6 Å². The normalized spacial score (nSPS) is 16.3. The van der Waals surface area contributed by atoms with Crippen molar-refractivity contribution in [2.45, 2.75) is 43.0 Å². The van der Waals surface area contributed by atoms with Gasteiger partial charge in [0.25, 0.3) is 0 Å². The number of hydrogen-bond donors (Lipinski definition) is 3. The van der Waals surface area contributed by atoms with Crippen LogP contribution in [0.4, 0.5) is 10.1 Å². The lowest BCUT2D eigenvalue weighted by Gasteiger charge is -2.24. The highest BCUT2D eigenvalue weighted by Crippen LogP contribution is 2.21. The Morgan fingerprint density at radius 3 is 2.67 bits per heavy atom. The van der Waals surface area contributed by atoms with E-state index in [1.54, 1.807) is 6.07 Å². The maximum atomic E-state index is 12.9. The second-order valence-electron chi connectivity index (χ2n) is 4.59. The molecule has 0 bridgehead atoms. The van der Waals surface area contributed by atoms with Gasteiger partial charge in [0.2, 0.25) is 0 Å². The molecule has 1 aromatic rings. The van der Waals surface area contributed by atoms with Crippen LogP contribution in [0.1, 0.15) is 32.1 Å². The molecule has 1 aliphatic carbocycles. The predicted octanol–water partition coefficient (Wildman–Crippen LogP) is 3.73. The molecular weight excluding hydrogens is 267 g/mol. The Morgan fingerprint density at radius 1 is 1.28 bits per heavy atom. The van der Waals surface area contributed by atoms with Crippen LogP contribution in [0.5, 0.6) is 0 Å². The molecule has 0 aromatic heterocycles. The number of benzene rings is 1. The van der Waals surface area contributed by atoms with Crippen molar-refractivity contribution in [2.75, 3.05) is 5.32 Å². The molecule has 0 atom stereocenters. The summed E-state index contributed by atoms with van der Waals surface area (Å²) in [6.45, 7) is 0. The van der Waals surface area contributed by atoms with E-state index in [1.807, 2.05) is 0 Å². The van der Waals surface area contributed by atoms with Crippen molar-refractivity contribution in [1.82, 2.24) is 5.32 Å². The summed E-state index contributed by atoms with van der Waals surface area (Å²) in [4.78, 5) is 0.558. The number of thiol groups is 1. The maximum Gasteiger partial charge on any atom is 0.171 e. The maximum absolute atomic E-state index is 12.9. The van der Waals surface area contributed by atoms with Crippen LogP contribution < -0.4 is 10.6 Å². The van der Waals surface area contributed by atoms with Crippen LogP contribution in [0.25, 0.3) is 0 Å². The van der Waals surface area contributed by atoms with Crippen LogP contribution in [0.2, 0.25) is 0 Å². The Labute approximate surface area is 118 Å². The lowest BCUT2D eigenvalue weighted by molar-refractivity contribution is 0.415. The number of thiocarbonyl (C=S) groups is 1. The number of nitrogens with one attached hydrogen (secondary N) is 2. The van der Waals surface area contributed by atoms with E-state index >= 15 is 0 Å². The summed E-state index contributed by atoms with van der Waals surface area (Å²) in [5.41, 5.74) is 0.730. The Morgan fingerprint density at radius 2 is 2.00 bits per heavy atom. The van der Waals surface area contributed by atoms with Crippen molar-refractivity contribution in [1.29, 1.82) is 0 Å². The largest absolute Gasteiger partial charge is 0.360 e. The van der Waals surface area contributed by atoms with Crippen LogP contribution in [0.15, 0.2) is 23.1 Å². The molecule has 1 saturated carbocycles. The second-order valence-corrected chi connectivity index (χ2v) is 5.48. The third kappa shape index (κ3) is 3.85. The first kappa shape index (κ1) is 13.6. The average molecular weight is 284 g/mol.